The van der Waals surface area contributed by atoms with Gasteiger partial charge in [-0.05, 0) is 184 Å². The van der Waals surface area contributed by atoms with Gasteiger partial charge in [0, 0.05) is 49.4 Å². The summed E-state index contributed by atoms with van der Waals surface area (Å²) in [5.41, 5.74) is 11.9. The first kappa shape index (κ1) is 51.5. The van der Waals surface area contributed by atoms with E-state index in [4.69, 9.17) is 28.4 Å². The molecule has 0 aliphatic heterocycles. The summed E-state index contributed by atoms with van der Waals surface area (Å²) >= 11 is 0. The molecule has 0 saturated carbocycles. The first-order chi connectivity index (χ1) is 41.3. The zero-order chi connectivity index (χ0) is 57.2. The molecule has 3 heterocycles. The third-order valence-electron chi connectivity index (χ3n) is 16.9. The predicted octanol–water partition coefficient (Wildman–Crippen LogP) is 13.9. The van der Waals surface area contributed by atoms with Gasteiger partial charge in [0.1, 0.15) is 34.5 Å². The van der Waals surface area contributed by atoms with Crippen molar-refractivity contribution < 1.29 is 28.4 Å². The molecule has 0 unspecified atom stereocenters. The van der Waals surface area contributed by atoms with Crippen LogP contribution in [0.25, 0.3) is 93.6 Å². The third kappa shape index (κ3) is 8.13. The molecule has 84 heavy (non-hydrogen) atoms. The molecular weight excluding hydrogens is 1060 g/mol. The average Bonchev–Trinajstić information content (AvgIpc) is 2.06. The molecule has 0 bridgehead atoms. The van der Waals surface area contributed by atoms with E-state index in [9.17, 15) is 5.26 Å². The van der Waals surface area contributed by atoms with E-state index in [2.05, 4.69) is 190 Å². The SMILES string of the molecule is COc1ccc2c(c1)c1cc(OC)ccc1n2-c1ccc([Si](c2ccc(-c3ccccc3C#N)cc2)(c2ccc(-n3c4ccc(OC)cc4c4cc(OC)ccc43)cc2)c2ccc(-n3c4ccc(OC)cc4c4cc(OC)ccc43)cc2)cc1. The van der Waals surface area contributed by atoms with Crippen molar-refractivity contribution in [1.29, 1.82) is 5.26 Å². The molecule has 0 aliphatic rings. The highest BCUT2D eigenvalue weighted by molar-refractivity contribution is 7.19. The van der Waals surface area contributed by atoms with Gasteiger partial charge < -0.3 is 42.1 Å². The van der Waals surface area contributed by atoms with E-state index in [-0.39, 0.29) is 0 Å². The van der Waals surface area contributed by atoms with Crippen molar-refractivity contribution in [3.05, 3.63) is 236 Å². The summed E-state index contributed by atoms with van der Waals surface area (Å²) in [5.74, 6) is 4.70. The lowest BCUT2D eigenvalue weighted by molar-refractivity contribution is 0.415. The van der Waals surface area contributed by atoms with Crippen molar-refractivity contribution in [3.63, 3.8) is 0 Å². The summed E-state index contributed by atoms with van der Waals surface area (Å²) in [6.07, 6.45) is 0. The molecule has 0 N–H and O–H groups in total. The van der Waals surface area contributed by atoms with Crippen LogP contribution in [0, 0.1) is 11.3 Å². The Morgan fingerprint density at radius 1 is 0.298 bits per heavy atom. The van der Waals surface area contributed by atoms with E-state index < -0.39 is 8.07 Å². The Morgan fingerprint density at radius 3 is 0.798 bits per heavy atom. The molecule has 0 saturated heterocycles. The number of nitriles is 1. The van der Waals surface area contributed by atoms with Gasteiger partial charge in [-0.3, -0.25) is 0 Å². The first-order valence-corrected chi connectivity index (χ1v) is 29.7. The van der Waals surface area contributed by atoms with Crippen LogP contribution in [0.3, 0.4) is 0 Å². The van der Waals surface area contributed by atoms with Crippen LogP contribution in [0.15, 0.2) is 231 Å². The Balaban J connectivity index is 1.02. The molecule has 0 spiro atoms. The van der Waals surface area contributed by atoms with E-state index in [1.807, 2.05) is 60.7 Å². The molecule has 14 rings (SSSR count). The second-order valence-corrected chi connectivity index (χ2v) is 24.7. The molecule has 0 atom stereocenters. The fraction of sp³-hybridized carbons (Fsp3) is 0.0822. The van der Waals surface area contributed by atoms with E-state index in [0.717, 1.165) is 128 Å². The molecule has 3 aromatic heterocycles. The normalized spacial score (nSPS) is 11.7. The lowest BCUT2D eigenvalue weighted by Gasteiger charge is -2.35. The molecule has 0 amide bonds. The second kappa shape index (κ2) is 20.7. The highest BCUT2D eigenvalue weighted by Gasteiger charge is 2.42. The molecule has 0 radical (unpaired) electrons. The van der Waals surface area contributed by atoms with Gasteiger partial charge in [0.05, 0.1) is 87.4 Å². The smallest absolute Gasteiger partial charge is 0.179 e. The van der Waals surface area contributed by atoms with Crippen molar-refractivity contribution in [1.82, 2.24) is 13.7 Å². The number of hydrogen-bond donors (Lipinski definition) is 0. The van der Waals surface area contributed by atoms with Crippen LogP contribution < -0.4 is 49.2 Å². The van der Waals surface area contributed by atoms with Crippen LogP contribution in [0.5, 0.6) is 34.5 Å². The topological polar surface area (TPSA) is 94.0 Å². The number of methoxy groups -OCH3 is 6. The van der Waals surface area contributed by atoms with Crippen LogP contribution in [0.1, 0.15) is 5.56 Å². The second-order valence-electron chi connectivity index (χ2n) is 20.9. The summed E-state index contributed by atoms with van der Waals surface area (Å²) in [4.78, 5) is 0. The summed E-state index contributed by atoms with van der Waals surface area (Å²) in [5, 5.41) is 21.4. The predicted molar refractivity (Wildman–Crippen MR) is 343 cm³/mol. The Morgan fingerprint density at radius 2 is 0.548 bits per heavy atom. The average molecular weight is 1110 g/mol. The van der Waals surface area contributed by atoms with Gasteiger partial charge in [-0.2, -0.15) is 5.26 Å². The van der Waals surface area contributed by atoms with Gasteiger partial charge in [-0.15, -0.1) is 0 Å². The van der Waals surface area contributed by atoms with Crippen LogP contribution in [0.2, 0.25) is 0 Å². The standard InChI is InChI=1S/C73H56N4O6Si/c1-78-51-19-33-68-62(39-51)63-40-52(79-2)20-34-69(63)75(68)48-13-27-58(28-14-48)84(57-25-11-46(12-26-57)61-10-8-7-9-47(61)45-74,59-29-15-49(16-30-59)76-70-35-21-53(80-3)41-64(70)65-42-54(81-4)22-36-71(65)76)60-31-17-50(18-32-60)77-72-37-23-55(82-5)43-66(72)67-44-56(83-6)24-38-73(67)77/h7-44H,1-6H3. The minimum absolute atomic E-state index is 0.626. The van der Waals surface area contributed by atoms with Crippen molar-refractivity contribution >= 4 is 94.2 Å². The Labute approximate surface area is 486 Å². The van der Waals surface area contributed by atoms with E-state index in [1.165, 1.54) is 20.7 Å². The number of benzene rings is 11. The lowest BCUT2D eigenvalue weighted by atomic mass is 10.0. The van der Waals surface area contributed by atoms with Crippen LogP contribution in [0.4, 0.5) is 0 Å². The number of ether oxygens (including phenoxy) is 6. The van der Waals surface area contributed by atoms with Gasteiger partial charge in [0.15, 0.2) is 8.07 Å². The fourth-order valence-electron chi connectivity index (χ4n) is 12.9. The van der Waals surface area contributed by atoms with Gasteiger partial charge in [-0.1, -0.05) is 78.9 Å². The largest absolute Gasteiger partial charge is 0.497 e. The first-order valence-electron chi connectivity index (χ1n) is 27.7. The fourth-order valence-corrected chi connectivity index (χ4v) is 17.5. The maximum atomic E-state index is 10.3. The van der Waals surface area contributed by atoms with Crippen molar-refractivity contribution in [3.8, 4) is 68.8 Å². The van der Waals surface area contributed by atoms with Crippen LogP contribution in [-0.2, 0) is 0 Å². The molecule has 0 fully saturated rings. The maximum Gasteiger partial charge on any atom is 0.179 e. The van der Waals surface area contributed by atoms with Crippen LogP contribution >= 0.6 is 0 Å². The summed E-state index contributed by atoms with van der Waals surface area (Å²) < 4.78 is 41.6. The lowest BCUT2D eigenvalue weighted by Crippen LogP contribution is -2.74. The van der Waals surface area contributed by atoms with Gasteiger partial charge >= 0.3 is 0 Å². The monoisotopic (exact) mass is 1110 g/mol. The van der Waals surface area contributed by atoms with Crippen LogP contribution in [-0.4, -0.2) is 64.4 Å². The van der Waals surface area contributed by atoms with Gasteiger partial charge in [0.25, 0.3) is 0 Å². The number of aromatic nitrogens is 3. The van der Waals surface area contributed by atoms with E-state index in [0.29, 0.717) is 5.56 Å². The zero-order valence-electron chi connectivity index (χ0n) is 47.2. The van der Waals surface area contributed by atoms with E-state index >= 15 is 0 Å². The zero-order valence-corrected chi connectivity index (χ0v) is 48.2. The number of fused-ring (bicyclic) bond motifs is 9. The van der Waals surface area contributed by atoms with Crippen molar-refractivity contribution in [2.45, 2.75) is 0 Å². The molecular formula is C73H56N4O6Si. The summed E-state index contributed by atoms with van der Waals surface area (Å²) in [6.45, 7) is 0. The summed E-state index contributed by atoms with van der Waals surface area (Å²) in [6, 6.07) is 84.4. The molecule has 11 heteroatoms. The van der Waals surface area contributed by atoms with Gasteiger partial charge in [-0.25, -0.2) is 0 Å². The van der Waals surface area contributed by atoms with E-state index in [1.54, 1.807) is 42.7 Å². The Kier molecular flexibility index (Phi) is 12.7. The number of nitrogens with zero attached hydrogens (tertiary/aromatic N) is 4. The van der Waals surface area contributed by atoms with Crippen molar-refractivity contribution in [2.75, 3.05) is 42.7 Å². The molecule has 14 aromatic rings. The quantitative estimate of drug-likeness (QED) is 0.0791. The summed E-state index contributed by atoms with van der Waals surface area (Å²) in [7, 11) is 6.86. The molecule has 10 nitrogen and oxygen atoms in total. The molecule has 11 aromatic carbocycles. The van der Waals surface area contributed by atoms with Gasteiger partial charge in [0.2, 0.25) is 0 Å². The molecule has 0 aliphatic carbocycles. The Hall–Kier alpha value is -10.7. The Bertz CT molecular complexity index is 4320. The number of rotatable bonds is 14. The minimum Gasteiger partial charge on any atom is -0.497 e. The third-order valence-corrected chi connectivity index (χ3v) is 21.7. The highest BCUT2D eigenvalue weighted by Crippen LogP contribution is 2.40. The highest BCUT2D eigenvalue weighted by atomic mass is 28.3. The molecule has 408 valence electrons. The van der Waals surface area contributed by atoms with Crippen molar-refractivity contribution in [2.24, 2.45) is 0 Å². The number of hydrogen-bond acceptors (Lipinski definition) is 7. The maximum absolute atomic E-state index is 10.3. The minimum atomic E-state index is -3.36.